The molecule has 0 aliphatic carbocycles. The summed E-state index contributed by atoms with van der Waals surface area (Å²) < 4.78 is 5.25. The Bertz CT molecular complexity index is 442. The van der Waals surface area contributed by atoms with Gasteiger partial charge >= 0.3 is 0 Å². The number of methoxy groups -OCH3 is 1. The van der Waals surface area contributed by atoms with Crippen molar-refractivity contribution in [1.82, 2.24) is 4.90 Å². The van der Waals surface area contributed by atoms with Gasteiger partial charge in [-0.05, 0) is 25.1 Å². The quantitative estimate of drug-likeness (QED) is 0.875. The number of rotatable bonds is 5. The van der Waals surface area contributed by atoms with Crippen LogP contribution >= 0.6 is 0 Å². The SMILES string of the molecule is COc1cccc(N2CCN(C(=O)CCCN)CC2)c1. The minimum absolute atomic E-state index is 0.223. The lowest BCUT2D eigenvalue weighted by molar-refractivity contribution is -0.131. The molecule has 1 heterocycles. The number of hydrogen-bond donors (Lipinski definition) is 1. The molecule has 1 saturated heterocycles. The van der Waals surface area contributed by atoms with Crippen LogP contribution in [0, 0.1) is 0 Å². The van der Waals surface area contributed by atoms with Crippen molar-refractivity contribution in [1.29, 1.82) is 0 Å². The molecule has 0 unspecified atom stereocenters. The van der Waals surface area contributed by atoms with Crippen LogP contribution in [-0.2, 0) is 4.79 Å². The third-order valence-corrected chi connectivity index (χ3v) is 3.65. The normalized spacial score (nSPS) is 15.3. The van der Waals surface area contributed by atoms with Gasteiger partial charge in [0.2, 0.25) is 5.91 Å². The summed E-state index contributed by atoms with van der Waals surface area (Å²) in [5.74, 6) is 1.09. The Morgan fingerprint density at radius 2 is 2.05 bits per heavy atom. The van der Waals surface area contributed by atoms with E-state index in [0.29, 0.717) is 13.0 Å². The van der Waals surface area contributed by atoms with E-state index in [2.05, 4.69) is 11.0 Å². The molecule has 0 atom stereocenters. The van der Waals surface area contributed by atoms with Crippen molar-refractivity contribution in [3.8, 4) is 5.75 Å². The highest BCUT2D eigenvalue weighted by atomic mass is 16.5. The Hall–Kier alpha value is -1.75. The second-order valence-corrected chi connectivity index (χ2v) is 4.96. The highest BCUT2D eigenvalue weighted by molar-refractivity contribution is 5.76. The molecule has 0 bridgehead atoms. The minimum Gasteiger partial charge on any atom is -0.497 e. The molecule has 5 nitrogen and oxygen atoms in total. The first-order valence-corrected chi connectivity index (χ1v) is 7.11. The molecule has 1 aromatic carbocycles. The van der Waals surface area contributed by atoms with E-state index in [4.69, 9.17) is 10.5 Å². The smallest absolute Gasteiger partial charge is 0.222 e. The molecule has 1 aliphatic rings. The first-order chi connectivity index (χ1) is 9.74. The molecule has 2 rings (SSSR count). The first-order valence-electron chi connectivity index (χ1n) is 7.11. The number of amides is 1. The Balaban J connectivity index is 1.88. The molecule has 1 aliphatic heterocycles. The van der Waals surface area contributed by atoms with Gasteiger partial charge in [0, 0.05) is 44.4 Å². The van der Waals surface area contributed by atoms with E-state index in [1.54, 1.807) is 7.11 Å². The van der Waals surface area contributed by atoms with Gasteiger partial charge in [0.15, 0.2) is 0 Å². The van der Waals surface area contributed by atoms with Crippen molar-refractivity contribution in [2.75, 3.05) is 44.7 Å². The lowest BCUT2D eigenvalue weighted by atomic mass is 10.2. The Labute approximate surface area is 120 Å². The van der Waals surface area contributed by atoms with Crippen molar-refractivity contribution in [2.45, 2.75) is 12.8 Å². The Morgan fingerprint density at radius 1 is 1.30 bits per heavy atom. The van der Waals surface area contributed by atoms with Crippen LogP contribution in [0.2, 0.25) is 0 Å². The number of nitrogens with zero attached hydrogens (tertiary/aromatic N) is 2. The topological polar surface area (TPSA) is 58.8 Å². The number of carbonyl (C=O) groups excluding carboxylic acids is 1. The molecule has 5 heteroatoms. The van der Waals surface area contributed by atoms with Crippen molar-refractivity contribution in [3.63, 3.8) is 0 Å². The van der Waals surface area contributed by atoms with Gasteiger partial charge in [0.1, 0.15) is 5.75 Å². The second kappa shape index (κ2) is 7.14. The fourth-order valence-electron chi connectivity index (χ4n) is 2.43. The molecule has 1 fully saturated rings. The van der Waals surface area contributed by atoms with Crippen LogP contribution in [0.25, 0.3) is 0 Å². The average Bonchev–Trinajstić information content (AvgIpc) is 2.52. The van der Waals surface area contributed by atoms with Crippen molar-refractivity contribution >= 4 is 11.6 Å². The van der Waals surface area contributed by atoms with Gasteiger partial charge < -0.3 is 20.3 Å². The largest absolute Gasteiger partial charge is 0.497 e. The van der Waals surface area contributed by atoms with E-state index in [-0.39, 0.29) is 5.91 Å². The lowest BCUT2D eigenvalue weighted by Gasteiger charge is -2.36. The third-order valence-electron chi connectivity index (χ3n) is 3.65. The maximum Gasteiger partial charge on any atom is 0.222 e. The minimum atomic E-state index is 0.223. The van der Waals surface area contributed by atoms with E-state index >= 15 is 0 Å². The predicted molar refractivity (Wildman–Crippen MR) is 80.1 cm³/mol. The number of hydrogen-bond acceptors (Lipinski definition) is 4. The summed E-state index contributed by atoms with van der Waals surface area (Å²) in [5, 5.41) is 0. The number of benzene rings is 1. The summed E-state index contributed by atoms with van der Waals surface area (Å²) in [6.07, 6.45) is 1.34. The van der Waals surface area contributed by atoms with Crippen LogP contribution in [-0.4, -0.2) is 50.6 Å². The summed E-state index contributed by atoms with van der Waals surface area (Å²) in [6.45, 7) is 3.86. The van der Waals surface area contributed by atoms with Crippen molar-refractivity contribution < 1.29 is 9.53 Å². The van der Waals surface area contributed by atoms with Gasteiger partial charge in [-0.2, -0.15) is 0 Å². The summed E-state index contributed by atoms with van der Waals surface area (Å²) in [6, 6.07) is 8.05. The molecule has 2 N–H and O–H groups in total. The van der Waals surface area contributed by atoms with Gasteiger partial charge in [-0.1, -0.05) is 6.07 Å². The number of anilines is 1. The highest BCUT2D eigenvalue weighted by Crippen LogP contribution is 2.22. The summed E-state index contributed by atoms with van der Waals surface area (Å²) in [7, 11) is 1.67. The fourth-order valence-corrected chi connectivity index (χ4v) is 2.43. The summed E-state index contributed by atoms with van der Waals surface area (Å²) in [5.41, 5.74) is 6.59. The second-order valence-electron chi connectivity index (χ2n) is 4.96. The molecule has 0 spiro atoms. The average molecular weight is 277 g/mol. The number of nitrogens with two attached hydrogens (primary N) is 1. The van der Waals surface area contributed by atoms with E-state index in [1.807, 2.05) is 23.1 Å². The highest BCUT2D eigenvalue weighted by Gasteiger charge is 2.20. The van der Waals surface area contributed by atoms with Crippen LogP contribution in [0.3, 0.4) is 0 Å². The van der Waals surface area contributed by atoms with E-state index in [1.165, 1.54) is 0 Å². The summed E-state index contributed by atoms with van der Waals surface area (Å²) >= 11 is 0. The molecule has 110 valence electrons. The maximum atomic E-state index is 11.9. The number of piperazine rings is 1. The monoisotopic (exact) mass is 277 g/mol. The van der Waals surface area contributed by atoms with Gasteiger partial charge in [0.25, 0.3) is 0 Å². The Kier molecular flexibility index (Phi) is 5.24. The molecule has 0 radical (unpaired) electrons. The van der Waals surface area contributed by atoms with E-state index in [0.717, 1.165) is 44.0 Å². The summed E-state index contributed by atoms with van der Waals surface area (Å²) in [4.78, 5) is 16.2. The standard InChI is InChI=1S/C15H23N3O2/c1-20-14-5-2-4-13(12-14)17-8-10-18(11-9-17)15(19)6-3-7-16/h2,4-5,12H,3,6-11,16H2,1H3. The van der Waals surface area contributed by atoms with Crippen LogP contribution in [0.15, 0.2) is 24.3 Å². The van der Waals surface area contributed by atoms with Crippen LogP contribution in [0.1, 0.15) is 12.8 Å². The maximum absolute atomic E-state index is 11.9. The molecule has 20 heavy (non-hydrogen) atoms. The third kappa shape index (κ3) is 3.63. The zero-order valence-corrected chi connectivity index (χ0v) is 12.0. The van der Waals surface area contributed by atoms with Crippen LogP contribution in [0.5, 0.6) is 5.75 Å². The zero-order chi connectivity index (χ0) is 14.4. The molecule has 0 saturated carbocycles. The van der Waals surface area contributed by atoms with E-state index < -0.39 is 0 Å². The number of carbonyl (C=O) groups is 1. The van der Waals surface area contributed by atoms with Crippen molar-refractivity contribution in [2.24, 2.45) is 5.73 Å². The lowest BCUT2D eigenvalue weighted by Crippen LogP contribution is -2.48. The van der Waals surface area contributed by atoms with Crippen LogP contribution in [0.4, 0.5) is 5.69 Å². The molecular weight excluding hydrogens is 254 g/mol. The predicted octanol–water partition coefficient (Wildman–Crippen LogP) is 1.08. The van der Waals surface area contributed by atoms with Gasteiger partial charge in [-0.3, -0.25) is 4.79 Å². The zero-order valence-electron chi connectivity index (χ0n) is 12.0. The molecular formula is C15H23N3O2. The van der Waals surface area contributed by atoms with Gasteiger partial charge in [0.05, 0.1) is 7.11 Å². The van der Waals surface area contributed by atoms with Gasteiger partial charge in [-0.25, -0.2) is 0 Å². The number of ether oxygens (including phenoxy) is 1. The molecule has 1 aromatic rings. The van der Waals surface area contributed by atoms with Crippen molar-refractivity contribution in [3.05, 3.63) is 24.3 Å². The van der Waals surface area contributed by atoms with Crippen LogP contribution < -0.4 is 15.4 Å². The Morgan fingerprint density at radius 3 is 2.70 bits per heavy atom. The first kappa shape index (κ1) is 14.7. The van der Waals surface area contributed by atoms with E-state index in [9.17, 15) is 4.79 Å². The molecule has 0 aromatic heterocycles. The van der Waals surface area contributed by atoms with Gasteiger partial charge in [-0.15, -0.1) is 0 Å². The fraction of sp³-hybridized carbons (Fsp3) is 0.533. The molecule has 1 amide bonds.